The smallest absolute Gasteiger partial charge is 1.00 e. The Labute approximate surface area is 111 Å². The third-order valence-electron chi connectivity index (χ3n) is 0.279. The summed E-state index contributed by atoms with van der Waals surface area (Å²) >= 11 is -5.66. The zero-order valence-electron chi connectivity index (χ0n) is 6.25. The summed E-state index contributed by atoms with van der Waals surface area (Å²) in [5.41, 5.74) is 0. The predicted molar refractivity (Wildman–Crippen MR) is 30.2 cm³/mol. The Bertz CT molecular complexity index is 164. The van der Waals surface area contributed by atoms with E-state index in [0.29, 0.717) is 0 Å². The summed E-state index contributed by atoms with van der Waals surface area (Å²) in [6.07, 6.45) is -1.69. The van der Waals surface area contributed by atoms with Gasteiger partial charge in [0, 0.05) is 0 Å². The molecule has 0 aromatic carbocycles. The van der Waals surface area contributed by atoms with Gasteiger partial charge in [-0.3, -0.25) is 9.11 Å². The van der Waals surface area contributed by atoms with Crippen molar-refractivity contribution in [1.82, 2.24) is 0 Å². The van der Waals surface area contributed by atoms with Crippen molar-refractivity contribution in [2.75, 3.05) is 0 Å². The van der Waals surface area contributed by atoms with Crippen LogP contribution in [0.2, 0.25) is 0 Å². The van der Waals surface area contributed by atoms with E-state index < -0.39 is 28.9 Å². The van der Waals surface area contributed by atoms with Gasteiger partial charge in [0.15, 0.2) is 0 Å². The number of hydrogen-bond donors (Lipinski definition) is 2. The van der Waals surface area contributed by atoms with E-state index >= 15 is 0 Å². The van der Waals surface area contributed by atoms with Crippen molar-refractivity contribution in [2.24, 2.45) is 0 Å². The molecular formula is CH3KO7S2. The Morgan fingerprint density at radius 1 is 1.18 bits per heavy atom. The zero-order chi connectivity index (χ0) is 8.15. The van der Waals surface area contributed by atoms with Crippen LogP contribution in [-0.4, -0.2) is 23.7 Å². The van der Waals surface area contributed by atoms with Gasteiger partial charge in [-0.25, -0.2) is 4.79 Å². The molecule has 0 saturated heterocycles. The molecule has 0 aliphatic carbocycles. The molecule has 0 aliphatic rings. The van der Waals surface area contributed by atoms with Gasteiger partial charge in [0.1, 0.15) is 0 Å². The van der Waals surface area contributed by atoms with Crippen molar-refractivity contribution in [3.8, 4) is 0 Å². The van der Waals surface area contributed by atoms with Crippen molar-refractivity contribution in [3.63, 3.8) is 0 Å². The Hall–Kier alpha value is 1.13. The molecule has 2 unspecified atom stereocenters. The van der Waals surface area contributed by atoms with Crippen molar-refractivity contribution >= 4 is 28.9 Å². The van der Waals surface area contributed by atoms with Crippen LogP contribution in [0.4, 0.5) is 4.79 Å². The summed E-state index contributed by atoms with van der Waals surface area (Å²) in [6, 6.07) is 0. The molecule has 0 bridgehead atoms. The van der Waals surface area contributed by atoms with Gasteiger partial charge in [-0.2, -0.15) is 8.42 Å². The van der Waals surface area contributed by atoms with Crippen LogP contribution in [0.5, 0.6) is 0 Å². The molecule has 0 spiro atoms. The van der Waals surface area contributed by atoms with Gasteiger partial charge in [-0.05, 0) is 0 Å². The van der Waals surface area contributed by atoms with E-state index in [2.05, 4.69) is 8.37 Å². The maximum Gasteiger partial charge on any atom is 1.00 e. The fraction of sp³-hybridized carbons (Fsp3) is 0. The number of hydrogen-bond acceptors (Lipinski definition) is 5. The van der Waals surface area contributed by atoms with E-state index in [0.717, 1.165) is 0 Å². The molecule has 0 rings (SSSR count). The van der Waals surface area contributed by atoms with Crippen LogP contribution >= 0.6 is 0 Å². The first-order valence-electron chi connectivity index (χ1n) is 1.64. The molecule has 2 N–H and O–H groups in total. The second-order valence-corrected chi connectivity index (χ2v) is 2.05. The molecule has 0 heterocycles. The van der Waals surface area contributed by atoms with E-state index in [9.17, 15) is 13.2 Å². The molecule has 0 amide bonds. The van der Waals surface area contributed by atoms with Crippen molar-refractivity contribution < 1.29 is 83.5 Å². The van der Waals surface area contributed by atoms with Gasteiger partial charge in [0.25, 0.3) is 0 Å². The Kier molecular flexibility index (Phi) is 10.3. The summed E-state index contributed by atoms with van der Waals surface area (Å²) in [7, 11) is 0. The quantitative estimate of drug-likeness (QED) is 0.374. The summed E-state index contributed by atoms with van der Waals surface area (Å²) < 4.78 is 41.6. The van der Waals surface area contributed by atoms with Gasteiger partial charge >= 0.3 is 80.3 Å². The first-order chi connectivity index (χ1) is 4.52. The summed E-state index contributed by atoms with van der Waals surface area (Å²) in [5.74, 6) is 0. The number of carbonyl (C=O) groups is 1. The van der Waals surface area contributed by atoms with Crippen LogP contribution in [0.1, 0.15) is 1.43 Å². The fourth-order valence-corrected chi connectivity index (χ4v) is 0.474. The average molecular weight is 230 g/mol. The van der Waals surface area contributed by atoms with Crippen LogP contribution in [0.15, 0.2) is 0 Å². The standard InChI is InChI=1S/CH2O7S2.K.H/c2-1(7-9(3)4)8-10(5)6;;/h(H,3,4)(H,5,6);;/q;+1;-1. The van der Waals surface area contributed by atoms with E-state index in [4.69, 9.17) is 9.11 Å². The molecular weight excluding hydrogens is 227 g/mol. The van der Waals surface area contributed by atoms with Gasteiger partial charge in [-0.15, -0.1) is 0 Å². The zero-order valence-corrected chi connectivity index (χ0v) is 10.0. The van der Waals surface area contributed by atoms with Crippen molar-refractivity contribution in [3.05, 3.63) is 0 Å². The van der Waals surface area contributed by atoms with Gasteiger partial charge in [0.2, 0.25) is 0 Å². The normalized spacial score (nSPS) is 14.0. The maximum atomic E-state index is 9.91. The Balaban J connectivity index is -0.000000405. The van der Waals surface area contributed by atoms with Gasteiger partial charge in [-0.1, -0.05) is 0 Å². The van der Waals surface area contributed by atoms with Crippen LogP contribution in [0, 0.1) is 0 Å². The van der Waals surface area contributed by atoms with E-state index in [-0.39, 0.29) is 52.8 Å². The number of rotatable bonds is 2. The van der Waals surface area contributed by atoms with E-state index in [1.807, 2.05) is 0 Å². The molecule has 7 nitrogen and oxygen atoms in total. The molecule has 11 heavy (non-hydrogen) atoms. The molecule has 62 valence electrons. The minimum Gasteiger partial charge on any atom is -1.00 e. The minimum absolute atomic E-state index is 0. The largest absolute Gasteiger partial charge is 1.00 e. The van der Waals surface area contributed by atoms with Crippen LogP contribution < -0.4 is 51.4 Å². The molecule has 0 radical (unpaired) electrons. The van der Waals surface area contributed by atoms with Crippen molar-refractivity contribution in [2.45, 2.75) is 0 Å². The maximum absolute atomic E-state index is 9.91. The topological polar surface area (TPSA) is 110 Å². The van der Waals surface area contributed by atoms with Crippen LogP contribution in [-0.2, 0) is 31.1 Å². The Morgan fingerprint density at radius 2 is 1.45 bits per heavy atom. The van der Waals surface area contributed by atoms with Crippen molar-refractivity contribution in [1.29, 1.82) is 0 Å². The molecule has 0 fully saturated rings. The summed E-state index contributed by atoms with van der Waals surface area (Å²) in [6.45, 7) is 0. The Morgan fingerprint density at radius 3 is 1.64 bits per heavy atom. The monoisotopic (exact) mass is 230 g/mol. The fourth-order valence-electron chi connectivity index (χ4n) is 0.130. The second-order valence-electron chi connectivity index (χ2n) is 0.851. The van der Waals surface area contributed by atoms with Crippen LogP contribution in [0.25, 0.3) is 0 Å². The van der Waals surface area contributed by atoms with E-state index in [1.165, 1.54) is 0 Å². The van der Waals surface area contributed by atoms with Gasteiger partial charge in [0.05, 0.1) is 0 Å². The van der Waals surface area contributed by atoms with Gasteiger partial charge < -0.3 is 9.79 Å². The third kappa shape index (κ3) is 11.1. The van der Waals surface area contributed by atoms with Crippen LogP contribution in [0.3, 0.4) is 0 Å². The molecule has 10 heteroatoms. The molecule has 0 aromatic rings. The molecule has 0 saturated carbocycles. The first kappa shape index (κ1) is 14.6. The third-order valence-corrected chi connectivity index (χ3v) is 0.836. The molecule has 2 atom stereocenters. The summed E-state index contributed by atoms with van der Waals surface area (Å²) in [4.78, 5) is 9.91. The SMILES string of the molecule is O=C(OS(=O)O)OS(=O)O.[H-].[K+]. The second kappa shape index (κ2) is 7.76. The average Bonchev–Trinajstić information content (AvgIpc) is 1.58. The summed E-state index contributed by atoms with van der Waals surface area (Å²) in [5, 5.41) is 0. The molecule has 0 aliphatic heterocycles. The first-order valence-corrected chi connectivity index (χ1v) is 3.71. The molecule has 0 aromatic heterocycles. The predicted octanol–water partition coefficient (Wildman–Crippen LogP) is -3.47. The van der Waals surface area contributed by atoms with E-state index in [1.54, 1.807) is 0 Å². The minimum atomic E-state index is -2.83. The number of carbonyl (C=O) groups excluding carboxylic acids is 1.